The van der Waals surface area contributed by atoms with Gasteiger partial charge in [0.25, 0.3) is 0 Å². The van der Waals surface area contributed by atoms with Crippen molar-refractivity contribution >= 4 is 5.91 Å². The van der Waals surface area contributed by atoms with Gasteiger partial charge in [-0.05, 0) is 49.7 Å². The summed E-state index contributed by atoms with van der Waals surface area (Å²) in [5.41, 5.74) is 2.20. The largest absolute Gasteiger partial charge is 0.486 e. The average Bonchev–Trinajstić information content (AvgIpc) is 2.66. The predicted octanol–water partition coefficient (Wildman–Crippen LogP) is 3.41. The van der Waals surface area contributed by atoms with Gasteiger partial charge in [-0.15, -0.1) is 0 Å². The van der Waals surface area contributed by atoms with E-state index in [1.54, 1.807) is 0 Å². The third kappa shape index (κ3) is 4.60. The van der Waals surface area contributed by atoms with E-state index in [0.717, 1.165) is 43.7 Å². The highest BCUT2D eigenvalue weighted by atomic mass is 16.5. The number of carbonyl (C=O) groups excluding carboxylic acids is 1. The minimum absolute atomic E-state index is 0.0101. The zero-order chi connectivity index (χ0) is 17.5. The van der Waals surface area contributed by atoms with Gasteiger partial charge in [0.1, 0.15) is 11.9 Å². The normalized spacial score (nSPS) is 18.4. The summed E-state index contributed by atoms with van der Waals surface area (Å²) in [4.78, 5) is 12.1. The zero-order valence-corrected chi connectivity index (χ0v) is 14.7. The molecule has 4 nitrogen and oxygen atoms in total. The molecule has 1 saturated heterocycles. The minimum atomic E-state index is -0.0650. The van der Waals surface area contributed by atoms with Gasteiger partial charge in [0.2, 0.25) is 5.91 Å². The lowest BCUT2D eigenvalue weighted by molar-refractivity contribution is -0.123. The zero-order valence-electron chi connectivity index (χ0n) is 14.7. The van der Waals surface area contributed by atoms with Crippen LogP contribution in [0, 0.1) is 0 Å². The second-order valence-electron chi connectivity index (χ2n) is 6.47. The Bertz CT molecular complexity index is 687. The second-order valence-corrected chi connectivity index (χ2v) is 6.47. The van der Waals surface area contributed by atoms with Gasteiger partial charge in [0.15, 0.2) is 0 Å². The lowest BCUT2D eigenvalue weighted by atomic mass is 9.91. The van der Waals surface area contributed by atoms with E-state index in [9.17, 15) is 4.79 Å². The monoisotopic (exact) mass is 338 g/mol. The van der Waals surface area contributed by atoms with Gasteiger partial charge in [-0.2, -0.15) is 0 Å². The van der Waals surface area contributed by atoms with Crippen molar-refractivity contribution in [2.24, 2.45) is 0 Å². The van der Waals surface area contributed by atoms with Gasteiger partial charge in [0.05, 0.1) is 5.92 Å². The van der Waals surface area contributed by atoms with Gasteiger partial charge >= 0.3 is 0 Å². The van der Waals surface area contributed by atoms with E-state index in [4.69, 9.17) is 4.74 Å². The molecule has 2 aromatic rings. The van der Waals surface area contributed by atoms with Crippen LogP contribution in [0.4, 0.5) is 0 Å². The summed E-state index contributed by atoms with van der Waals surface area (Å²) in [6, 6.07) is 18.3. The van der Waals surface area contributed by atoms with Crippen LogP contribution in [0.1, 0.15) is 42.4 Å². The Morgan fingerprint density at radius 3 is 2.80 bits per heavy atom. The van der Waals surface area contributed by atoms with Crippen molar-refractivity contribution in [1.29, 1.82) is 0 Å². The predicted molar refractivity (Wildman–Crippen MR) is 99.8 cm³/mol. The number of benzene rings is 2. The fourth-order valence-electron chi connectivity index (χ4n) is 3.30. The maximum atomic E-state index is 12.1. The fraction of sp³-hybridized carbons (Fsp3) is 0.381. The molecule has 4 heteroatoms. The highest BCUT2D eigenvalue weighted by Gasteiger charge is 2.24. The van der Waals surface area contributed by atoms with Gasteiger partial charge in [0, 0.05) is 13.0 Å². The van der Waals surface area contributed by atoms with Crippen LogP contribution in [0.2, 0.25) is 0 Å². The number of carbonyl (C=O) groups is 1. The summed E-state index contributed by atoms with van der Waals surface area (Å²) >= 11 is 0. The van der Waals surface area contributed by atoms with Crippen molar-refractivity contribution < 1.29 is 9.53 Å². The topological polar surface area (TPSA) is 50.4 Å². The maximum absolute atomic E-state index is 12.1. The molecule has 2 atom stereocenters. The summed E-state index contributed by atoms with van der Waals surface area (Å²) in [6.45, 7) is 1.66. The number of nitrogens with one attached hydrogen (secondary N) is 2. The van der Waals surface area contributed by atoms with Crippen LogP contribution in [0.5, 0.6) is 5.75 Å². The van der Waals surface area contributed by atoms with Crippen LogP contribution in [-0.2, 0) is 4.79 Å². The van der Waals surface area contributed by atoms with Crippen molar-refractivity contribution in [2.75, 3.05) is 20.1 Å². The van der Waals surface area contributed by atoms with Crippen LogP contribution in [0.15, 0.2) is 54.6 Å². The van der Waals surface area contributed by atoms with E-state index in [0.29, 0.717) is 0 Å². The number of amides is 1. The quantitative estimate of drug-likeness (QED) is 0.813. The Labute approximate surface area is 149 Å². The molecular weight excluding hydrogens is 312 g/mol. The minimum Gasteiger partial charge on any atom is -0.486 e. The number of hydrogen-bond donors (Lipinski definition) is 2. The van der Waals surface area contributed by atoms with Gasteiger partial charge in [-0.1, -0.05) is 42.5 Å². The lowest BCUT2D eigenvalue weighted by Gasteiger charge is -2.24. The molecular formula is C21H26N2O2. The molecule has 0 aromatic heterocycles. The van der Waals surface area contributed by atoms with Crippen molar-refractivity contribution in [3.8, 4) is 5.75 Å². The lowest BCUT2D eigenvalue weighted by Crippen LogP contribution is -2.35. The van der Waals surface area contributed by atoms with Gasteiger partial charge < -0.3 is 15.4 Å². The fourth-order valence-corrected chi connectivity index (χ4v) is 3.30. The van der Waals surface area contributed by atoms with Gasteiger partial charge in [-0.25, -0.2) is 0 Å². The first-order valence-corrected chi connectivity index (χ1v) is 9.02. The molecule has 0 aliphatic carbocycles. The molecule has 1 heterocycles. The summed E-state index contributed by atoms with van der Waals surface area (Å²) in [5.74, 6) is 0.879. The highest BCUT2D eigenvalue weighted by molar-refractivity contribution is 5.84. The molecule has 2 aromatic carbocycles. The van der Waals surface area contributed by atoms with E-state index >= 15 is 0 Å². The molecule has 0 spiro atoms. The highest BCUT2D eigenvalue weighted by Crippen LogP contribution is 2.30. The van der Waals surface area contributed by atoms with Crippen LogP contribution >= 0.6 is 0 Å². The molecule has 0 radical (unpaired) electrons. The number of hydrogen-bond acceptors (Lipinski definition) is 3. The summed E-state index contributed by atoms with van der Waals surface area (Å²) < 4.78 is 6.30. The summed E-state index contributed by atoms with van der Waals surface area (Å²) in [7, 11) is 1.95. The Morgan fingerprint density at radius 2 is 2.04 bits per heavy atom. The smallest absolute Gasteiger partial charge is 0.227 e. The third-order valence-corrected chi connectivity index (χ3v) is 4.65. The molecule has 1 aliphatic rings. The molecule has 25 heavy (non-hydrogen) atoms. The molecule has 0 saturated carbocycles. The molecule has 2 unspecified atom stereocenters. The van der Waals surface area contributed by atoms with E-state index in [1.165, 1.54) is 5.56 Å². The summed E-state index contributed by atoms with van der Waals surface area (Å²) in [6.07, 6.45) is 2.80. The molecule has 3 rings (SSSR count). The van der Waals surface area contributed by atoms with Crippen molar-refractivity contribution in [2.45, 2.75) is 31.3 Å². The average molecular weight is 338 g/mol. The molecule has 132 valence electrons. The molecule has 1 amide bonds. The van der Waals surface area contributed by atoms with E-state index < -0.39 is 0 Å². The Balaban J connectivity index is 1.77. The maximum Gasteiger partial charge on any atom is 0.227 e. The Kier molecular flexibility index (Phi) is 6.07. The Morgan fingerprint density at radius 1 is 1.20 bits per heavy atom. The van der Waals surface area contributed by atoms with Crippen molar-refractivity contribution in [1.82, 2.24) is 10.6 Å². The van der Waals surface area contributed by atoms with Crippen molar-refractivity contribution in [3.63, 3.8) is 0 Å². The third-order valence-electron chi connectivity index (χ3n) is 4.65. The van der Waals surface area contributed by atoms with Crippen LogP contribution in [-0.4, -0.2) is 26.0 Å². The van der Waals surface area contributed by atoms with Crippen LogP contribution in [0.3, 0.4) is 0 Å². The standard InChI is InChI=1S/C21H26N2O2/c1-22-14-12-20(16-7-3-2-4-8-16)25-18-10-5-9-17(15-18)19-11-6-13-23-21(19)24/h2-5,7-10,15,19-20,22H,6,11-14H2,1H3,(H,23,24). The van der Waals surface area contributed by atoms with E-state index in [1.807, 2.05) is 49.5 Å². The van der Waals surface area contributed by atoms with Gasteiger partial charge in [-0.3, -0.25) is 4.79 Å². The SMILES string of the molecule is CNCCC(Oc1cccc(C2CCCNC2=O)c1)c1ccccc1. The number of rotatable bonds is 7. The second kappa shape index (κ2) is 8.67. The molecule has 1 fully saturated rings. The first-order valence-electron chi connectivity index (χ1n) is 9.02. The summed E-state index contributed by atoms with van der Waals surface area (Å²) in [5, 5.41) is 6.15. The molecule has 2 N–H and O–H groups in total. The van der Waals surface area contributed by atoms with E-state index in [-0.39, 0.29) is 17.9 Å². The number of ether oxygens (including phenoxy) is 1. The number of piperidine rings is 1. The van der Waals surface area contributed by atoms with Crippen LogP contribution < -0.4 is 15.4 Å². The molecule has 1 aliphatic heterocycles. The first-order chi connectivity index (χ1) is 12.3. The first kappa shape index (κ1) is 17.5. The van der Waals surface area contributed by atoms with Crippen LogP contribution in [0.25, 0.3) is 0 Å². The Hall–Kier alpha value is -2.33. The van der Waals surface area contributed by atoms with E-state index in [2.05, 4.69) is 22.8 Å². The molecule has 0 bridgehead atoms. The van der Waals surface area contributed by atoms with Crippen molar-refractivity contribution in [3.05, 3.63) is 65.7 Å².